The number of carbonyl (C=O) groups excluding carboxylic acids is 1. The van der Waals surface area contributed by atoms with E-state index < -0.39 is 11.9 Å². The number of carboxylic acid groups (broad SMARTS) is 1. The van der Waals surface area contributed by atoms with Crippen LogP contribution in [-0.2, 0) is 28.5 Å². The second kappa shape index (κ2) is 30.7. The summed E-state index contributed by atoms with van der Waals surface area (Å²) in [6.07, 6.45) is 6.62. The Hall–Kier alpha value is -2.26. The van der Waals surface area contributed by atoms with Gasteiger partial charge in [0.05, 0.1) is 19.6 Å². The van der Waals surface area contributed by atoms with Crippen LogP contribution in [0.1, 0.15) is 108 Å². The van der Waals surface area contributed by atoms with Crippen molar-refractivity contribution in [3.63, 3.8) is 0 Å². The van der Waals surface area contributed by atoms with Crippen molar-refractivity contribution in [3.05, 3.63) is 48.1 Å². The molecule has 0 heterocycles. The Morgan fingerprint density at radius 1 is 0.829 bits per heavy atom. The van der Waals surface area contributed by atoms with Crippen LogP contribution >= 0.6 is 0 Å². The fraction of sp³-hybridized carbons (Fsp3) is 0.697. The van der Waals surface area contributed by atoms with Crippen LogP contribution in [0.2, 0.25) is 0 Å². The summed E-state index contributed by atoms with van der Waals surface area (Å²) in [5.41, 5.74) is 4.43. The Bertz CT molecular complexity index is 722. The number of aliphatic hydroxyl groups excluding tert-OH is 1. The summed E-state index contributed by atoms with van der Waals surface area (Å²) in [6.45, 7) is 32.8. The number of rotatable bonds is 18. The molecule has 0 rings (SSSR count). The van der Waals surface area contributed by atoms with Gasteiger partial charge in [-0.3, -0.25) is 9.59 Å². The van der Waals surface area contributed by atoms with E-state index in [1.54, 1.807) is 13.8 Å². The minimum absolute atomic E-state index is 0.132. The first kappa shape index (κ1) is 45.7. The van der Waals surface area contributed by atoms with Crippen molar-refractivity contribution < 1.29 is 38.7 Å². The average Bonchev–Trinajstić information content (AvgIpc) is 2.87. The summed E-state index contributed by atoms with van der Waals surface area (Å²) in [4.78, 5) is 20.7. The maximum absolute atomic E-state index is 11.3. The third kappa shape index (κ3) is 37.7. The first-order valence-electron chi connectivity index (χ1n) is 14.6. The topological polar surface area (TPSA) is 112 Å². The van der Waals surface area contributed by atoms with Crippen molar-refractivity contribution in [3.8, 4) is 0 Å². The van der Waals surface area contributed by atoms with Gasteiger partial charge in [0, 0.05) is 33.2 Å². The van der Waals surface area contributed by atoms with Crippen molar-refractivity contribution in [2.24, 2.45) is 5.92 Å². The highest BCUT2D eigenvalue weighted by Crippen LogP contribution is 2.21. The van der Waals surface area contributed by atoms with Gasteiger partial charge >= 0.3 is 11.9 Å². The van der Waals surface area contributed by atoms with E-state index in [4.69, 9.17) is 29.2 Å². The van der Waals surface area contributed by atoms with E-state index in [-0.39, 0.29) is 24.9 Å². The zero-order chi connectivity index (χ0) is 32.9. The van der Waals surface area contributed by atoms with Crippen LogP contribution < -0.4 is 0 Å². The number of hydrogen-bond acceptors (Lipinski definition) is 7. The molecule has 1 unspecified atom stereocenters. The van der Waals surface area contributed by atoms with Gasteiger partial charge in [-0.05, 0) is 87.0 Å². The van der Waals surface area contributed by atoms with Crippen LogP contribution in [0.25, 0.3) is 0 Å². The third-order valence-electron chi connectivity index (χ3n) is 5.17. The molecule has 0 aromatic rings. The molecule has 0 radical (unpaired) electrons. The quantitative estimate of drug-likeness (QED) is 0.0943. The highest BCUT2D eigenvalue weighted by molar-refractivity contribution is 5.70. The normalized spacial score (nSPS) is 11.3. The molecule has 8 nitrogen and oxygen atoms in total. The van der Waals surface area contributed by atoms with Gasteiger partial charge in [0.2, 0.25) is 0 Å². The Balaban J connectivity index is -0.000000236. The first-order valence-corrected chi connectivity index (χ1v) is 14.6. The molecule has 1 atom stereocenters. The summed E-state index contributed by atoms with van der Waals surface area (Å²) >= 11 is 0. The summed E-state index contributed by atoms with van der Waals surface area (Å²) in [5.74, 6) is -1.50. The van der Waals surface area contributed by atoms with Crippen LogP contribution in [0.15, 0.2) is 48.1 Å². The lowest BCUT2D eigenvalue weighted by molar-refractivity contribution is -0.365. The number of ether oxygens (including phenoxy) is 4. The lowest BCUT2D eigenvalue weighted by atomic mass is 9.91. The Labute approximate surface area is 251 Å². The number of esters is 1. The lowest BCUT2D eigenvalue weighted by Gasteiger charge is -2.27. The molecule has 41 heavy (non-hydrogen) atoms. The minimum atomic E-state index is -0.849. The highest BCUT2D eigenvalue weighted by atomic mass is 16.9. The molecule has 2 N–H and O–H groups in total. The number of carbonyl (C=O) groups is 2. The standard InChI is InChI=1S/C13H22O2.C9H16O.C8H18O3.C3H6O2/c1-6-15-13(14)9-12(11(4)5)8-7-10(2)3;1-8(2)5-4-6-9(3)7-10;1-5-9-8(4,10-6-2)11-7-3;1-2-3(4)5/h12H,2,4,6-9H2,1,3,5H3;6,10H,1,4-5,7H2,2-3H3;5-7H2,1-4H3;2H2,1H3,(H,4,5). The molecule has 8 heteroatoms. The number of allylic oxidation sites excluding steroid dienone is 4. The maximum atomic E-state index is 11.3. The SMILES string of the molecule is C=C(C)CCC(CC(=O)OCC)C(=C)C.C=C(C)CCC=C(C)CO.CCC(=O)O.CCOC(C)(OCC)OCC. The predicted octanol–water partition coefficient (Wildman–Crippen LogP) is 8.02. The second-order valence-corrected chi connectivity index (χ2v) is 9.66. The molecular weight excluding hydrogens is 524 g/mol. The van der Waals surface area contributed by atoms with Crippen molar-refractivity contribution in [2.75, 3.05) is 33.0 Å². The summed E-state index contributed by atoms with van der Waals surface area (Å²) in [6, 6.07) is 0. The van der Waals surface area contributed by atoms with Crippen LogP contribution in [0.3, 0.4) is 0 Å². The smallest absolute Gasteiger partial charge is 0.306 e. The van der Waals surface area contributed by atoms with E-state index in [0.29, 0.717) is 32.8 Å². The van der Waals surface area contributed by atoms with E-state index in [2.05, 4.69) is 25.8 Å². The minimum Gasteiger partial charge on any atom is -0.481 e. The van der Waals surface area contributed by atoms with Gasteiger partial charge in [0.15, 0.2) is 0 Å². The fourth-order valence-corrected chi connectivity index (χ4v) is 2.91. The van der Waals surface area contributed by atoms with Crippen LogP contribution in [0.4, 0.5) is 0 Å². The molecule has 242 valence electrons. The van der Waals surface area contributed by atoms with Gasteiger partial charge in [-0.25, -0.2) is 0 Å². The molecule has 0 aromatic carbocycles. The van der Waals surface area contributed by atoms with Crippen LogP contribution in [-0.4, -0.2) is 61.2 Å². The van der Waals surface area contributed by atoms with Crippen molar-refractivity contribution in [1.29, 1.82) is 0 Å². The van der Waals surface area contributed by atoms with Gasteiger partial charge < -0.3 is 29.2 Å². The lowest BCUT2D eigenvalue weighted by Crippen LogP contribution is -2.35. The largest absolute Gasteiger partial charge is 0.481 e. The Morgan fingerprint density at radius 3 is 1.56 bits per heavy atom. The third-order valence-corrected chi connectivity index (χ3v) is 5.17. The molecule has 0 aromatic heterocycles. The highest BCUT2D eigenvalue weighted by Gasteiger charge is 2.24. The van der Waals surface area contributed by atoms with E-state index >= 15 is 0 Å². The fourth-order valence-electron chi connectivity index (χ4n) is 2.91. The average molecular weight is 587 g/mol. The predicted molar refractivity (Wildman–Crippen MR) is 170 cm³/mol. The zero-order valence-electron chi connectivity index (χ0n) is 27.9. The van der Waals surface area contributed by atoms with Gasteiger partial charge in [0.25, 0.3) is 5.97 Å². The molecular formula is C33H62O8. The Morgan fingerprint density at radius 2 is 1.27 bits per heavy atom. The molecule has 0 amide bonds. The van der Waals surface area contributed by atoms with Crippen LogP contribution in [0.5, 0.6) is 0 Å². The molecule has 0 fully saturated rings. The maximum Gasteiger partial charge on any atom is 0.306 e. The van der Waals surface area contributed by atoms with E-state index in [1.807, 2.05) is 55.4 Å². The van der Waals surface area contributed by atoms with E-state index in [0.717, 1.165) is 42.4 Å². The summed E-state index contributed by atoms with van der Waals surface area (Å²) in [5, 5.41) is 16.3. The number of aliphatic carboxylic acids is 1. The number of carboxylic acids is 1. The summed E-state index contributed by atoms with van der Waals surface area (Å²) < 4.78 is 20.7. The van der Waals surface area contributed by atoms with Crippen molar-refractivity contribution in [1.82, 2.24) is 0 Å². The molecule has 0 aliphatic heterocycles. The first-order chi connectivity index (χ1) is 19.1. The number of hydrogen-bond donors (Lipinski definition) is 2. The molecule has 0 spiro atoms. The molecule has 0 saturated heterocycles. The molecule has 0 aliphatic rings. The van der Waals surface area contributed by atoms with Gasteiger partial charge in [-0.1, -0.05) is 41.9 Å². The Kier molecular flexibility index (Phi) is 34.2. The van der Waals surface area contributed by atoms with Gasteiger partial charge in [-0.2, -0.15) is 0 Å². The van der Waals surface area contributed by atoms with Crippen LogP contribution in [0, 0.1) is 5.92 Å². The van der Waals surface area contributed by atoms with E-state index in [1.165, 1.54) is 5.57 Å². The van der Waals surface area contributed by atoms with Gasteiger partial charge in [-0.15, -0.1) is 13.2 Å². The monoisotopic (exact) mass is 586 g/mol. The van der Waals surface area contributed by atoms with E-state index in [9.17, 15) is 9.59 Å². The second-order valence-electron chi connectivity index (χ2n) is 9.66. The number of aliphatic hydroxyl groups is 1. The van der Waals surface area contributed by atoms with Crippen molar-refractivity contribution in [2.45, 2.75) is 114 Å². The zero-order valence-corrected chi connectivity index (χ0v) is 27.9. The summed E-state index contributed by atoms with van der Waals surface area (Å²) in [7, 11) is 0. The molecule has 0 saturated carbocycles. The molecule has 0 bridgehead atoms. The van der Waals surface area contributed by atoms with Crippen molar-refractivity contribution >= 4 is 11.9 Å². The van der Waals surface area contributed by atoms with Gasteiger partial charge in [0.1, 0.15) is 0 Å². The molecule has 0 aliphatic carbocycles.